The van der Waals surface area contributed by atoms with Crippen molar-refractivity contribution >= 4 is 8.07 Å². The van der Waals surface area contributed by atoms with Gasteiger partial charge in [0.2, 0.25) is 0 Å². The molecule has 0 aromatic heterocycles. The Balaban J connectivity index is 2.69. The van der Waals surface area contributed by atoms with E-state index < -0.39 is 8.07 Å². The van der Waals surface area contributed by atoms with Crippen LogP contribution in [0, 0.1) is 0 Å². The van der Waals surface area contributed by atoms with Gasteiger partial charge < -0.3 is 4.74 Å². The lowest BCUT2D eigenvalue weighted by Gasteiger charge is -2.25. The lowest BCUT2D eigenvalue weighted by Crippen LogP contribution is -2.27. The molecule has 0 saturated carbocycles. The van der Waals surface area contributed by atoms with Crippen LogP contribution >= 0.6 is 0 Å². The summed E-state index contributed by atoms with van der Waals surface area (Å²) in [5.41, 5.74) is 2.24. The largest absolute Gasteiger partial charge is 0.377 e. The van der Waals surface area contributed by atoms with E-state index in [2.05, 4.69) is 32.6 Å². The molecule has 0 radical (unpaired) electrons. The van der Waals surface area contributed by atoms with Crippen molar-refractivity contribution < 1.29 is 4.74 Å². The van der Waals surface area contributed by atoms with Gasteiger partial charge in [-0.1, -0.05) is 31.3 Å². The van der Waals surface area contributed by atoms with Crippen LogP contribution < -0.4 is 0 Å². The Bertz CT molecular complexity index is 179. The Morgan fingerprint density at radius 2 is 2.08 bits per heavy atom. The SMILES string of the molecule is CC1=CC([Si](C)(C)C)CCOC1. The highest BCUT2D eigenvalue weighted by Gasteiger charge is 2.25. The van der Waals surface area contributed by atoms with Crippen LogP contribution in [0.3, 0.4) is 0 Å². The molecule has 2 heteroatoms. The van der Waals surface area contributed by atoms with Gasteiger partial charge in [0.1, 0.15) is 0 Å². The maximum absolute atomic E-state index is 5.49. The fraction of sp³-hybridized carbons (Fsp3) is 0.800. The minimum Gasteiger partial charge on any atom is -0.377 e. The fourth-order valence-corrected chi connectivity index (χ4v) is 3.37. The molecule has 1 nitrogen and oxygen atoms in total. The van der Waals surface area contributed by atoms with Crippen LogP contribution in [0.5, 0.6) is 0 Å². The van der Waals surface area contributed by atoms with Gasteiger partial charge in [0, 0.05) is 6.61 Å². The Morgan fingerprint density at radius 1 is 1.42 bits per heavy atom. The first-order chi connectivity index (χ1) is 5.50. The predicted molar refractivity (Wildman–Crippen MR) is 56.3 cm³/mol. The number of rotatable bonds is 1. The van der Waals surface area contributed by atoms with E-state index in [9.17, 15) is 0 Å². The summed E-state index contributed by atoms with van der Waals surface area (Å²) in [4.78, 5) is 0. The standard InChI is InChI=1S/C10H20OSi/c1-9-7-10(12(2,3)4)5-6-11-8-9/h7,10H,5-6,8H2,1-4H3. The van der Waals surface area contributed by atoms with Gasteiger partial charge >= 0.3 is 0 Å². The maximum Gasteiger partial charge on any atom is 0.0674 e. The average molecular weight is 184 g/mol. The summed E-state index contributed by atoms with van der Waals surface area (Å²) >= 11 is 0. The van der Waals surface area contributed by atoms with Crippen LogP contribution in [0.25, 0.3) is 0 Å². The van der Waals surface area contributed by atoms with Crippen molar-refractivity contribution in [2.24, 2.45) is 0 Å². The summed E-state index contributed by atoms with van der Waals surface area (Å²) < 4.78 is 5.49. The summed E-state index contributed by atoms with van der Waals surface area (Å²) in [6, 6.07) is 0. The zero-order valence-electron chi connectivity index (χ0n) is 8.68. The molecule has 0 aromatic rings. The Labute approximate surface area is 76.8 Å². The molecular weight excluding hydrogens is 164 g/mol. The molecule has 0 N–H and O–H groups in total. The summed E-state index contributed by atoms with van der Waals surface area (Å²) in [6.45, 7) is 11.3. The summed E-state index contributed by atoms with van der Waals surface area (Å²) in [5, 5.41) is 0. The van der Waals surface area contributed by atoms with E-state index in [1.165, 1.54) is 12.0 Å². The fourth-order valence-electron chi connectivity index (χ4n) is 1.60. The number of allylic oxidation sites excluding steroid dienone is 1. The third-order valence-corrected chi connectivity index (χ3v) is 5.18. The first-order valence-electron chi connectivity index (χ1n) is 4.75. The monoisotopic (exact) mass is 184 g/mol. The molecule has 0 saturated heterocycles. The zero-order valence-corrected chi connectivity index (χ0v) is 9.68. The highest BCUT2D eigenvalue weighted by atomic mass is 28.3. The summed E-state index contributed by atoms with van der Waals surface area (Å²) in [6.07, 6.45) is 3.67. The van der Waals surface area contributed by atoms with E-state index in [0.717, 1.165) is 18.8 Å². The van der Waals surface area contributed by atoms with Crippen LogP contribution in [-0.2, 0) is 4.74 Å². The number of hydrogen-bond acceptors (Lipinski definition) is 1. The molecule has 1 aliphatic rings. The minimum atomic E-state index is -0.987. The van der Waals surface area contributed by atoms with Crippen molar-refractivity contribution in [2.75, 3.05) is 13.2 Å². The second-order valence-electron chi connectivity index (χ2n) is 4.83. The smallest absolute Gasteiger partial charge is 0.0674 e. The molecule has 12 heavy (non-hydrogen) atoms. The molecule has 1 heterocycles. The number of ether oxygens (including phenoxy) is 1. The van der Waals surface area contributed by atoms with E-state index >= 15 is 0 Å². The van der Waals surface area contributed by atoms with E-state index in [0.29, 0.717) is 0 Å². The van der Waals surface area contributed by atoms with Gasteiger partial charge in [-0.15, -0.1) is 0 Å². The van der Waals surface area contributed by atoms with Crippen LogP contribution in [0.4, 0.5) is 0 Å². The van der Waals surface area contributed by atoms with E-state index in [1.807, 2.05) is 0 Å². The molecule has 0 aliphatic carbocycles. The van der Waals surface area contributed by atoms with Crippen molar-refractivity contribution in [3.63, 3.8) is 0 Å². The average Bonchev–Trinajstić information content (AvgIpc) is 2.11. The van der Waals surface area contributed by atoms with E-state index in [-0.39, 0.29) is 0 Å². The van der Waals surface area contributed by atoms with Crippen molar-refractivity contribution in [1.29, 1.82) is 0 Å². The zero-order chi connectivity index (χ0) is 9.19. The van der Waals surface area contributed by atoms with Crippen LogP contribution in [0.2, 0.25) is 25.2 Å². The van der Waals surface area contributed by atoms with E-state index in [1.54, 1.807) is 0 Å². The van der Waals surface area contributed by atoms with Gasteiger partial charge in [-0.05, 0) is 18.9 Å². The van der Waals surface area contributed by atoms with Crippen molar-refractivity contribution in [1.82, 2.24) is 0 Å². The van der Waals surface area contributed by atoms with Crippen molar-refractivity contribution in [3.8, 4) is 0 Å². The van der Waals surface area contributed by atoms with Crippen LogP contribution in [0.15, 0.2) is 11.6 Å². The minimum absolute atomic E-state index is 0.819. The molecule has 0 fully saturated rings. The normalized spacial score (nSPS) is 26.3. The summed E-state index contributed by atoms with van der Waals surface area (Å²) in [7, 11) is -0.987. The lowest BCUT2D eigenvalue weighted by atomic mass is 10.2. The first kappa shape index (κ1) is 10.0. The van der Waals surface area contributed by atoms with Crippen molar-refractivity contribution in [3.05, 3.63) is 11.6 Å². The van der Waals surface area contributed by atoms with E-state index in [4.69, 9.17) is 4.74 Å². The third kappa shape index (κ3) is 2.76. The highest BCUT2D eigenvalue weighted by Crippen LogP contribution is 2.29. The Kier molecular flexibility index (Phi) is 3.13. The Morgan fingerprint density at radius 3 is 2.67 bits per heavy atom. The second-order valence-corrected chi connectivity index (χ2v) is 10.3. The second kappa shape index (κ2) is 3.75. The first-order valence-corrected chi connectivity index (χ1v) is 8.33. The molecule has 1 rings (SSSR count). The van der Waals surface area contributed by atoms with Gasteiger partial charge in [-0.25, -0.2) is 0 Å². The summed E-state index contributed by atoms with van der Waals surface area (Å²) in [5.74, 6) is 0. The van der Waals surface area contributed by atoms with Crippen LogP contribution in [-0.4, -0.2) is 21.3 Å². The Hall–Kier alpha value is -0.0831. The topological polar surface area (TPSA) is 9.23 Å². The molecule has 0 spiro atoms. The predicted octanol–water partition coefficient (Wildman–Crippen LogP) is 3.06. The molecular formula is C10H20OSi. The number of hydrogen-bond donors (Lipinski definition) is 0. The molecule has 0 bridgehead atoms. The van der Waals surface area contributed by atoms with Crippen molar-refractivity contribution in [2.45, 2.75) is 38.5 Å². The van der Waals surface area contributed by atoms with Crippen LogP contribution in [0.1, 0.15) is 13.3 Å². The van der Waals surface area contributed by atoms with Gasteiger partial charge in [-0.3, -0.25) is 0 Å². The van der Waals surface area contributed by atoms with Gasteiger partial charge in [0.15, 0.2) is 0 Å². The van der Waals surface area contributed by atoms with Gasteiger partial charge in [0.25, 0.3) is 0 Å². The molecule has 0 amide bonds. The quantitative estimate of drug-likeness (QED) is 0.449. The molecule has 1 aliphatic heterocycles. The lowest BCUT2D eigenvalue weighted by molar-refractivity contribution is 0.159. The van der Waals surface area contributed by atoms with Gasteiger partial charge in [-0.2, -0.15) is 0 Å². The molecule has 0 aromatic carbocycles. The van der Waals surface area contributed by atoms with Gasteiger partial charge in [0.05, 0.1) is 14.7 Å². The maximum atomic E-state index is 5.49. The molecule has 1 unspecified atom stereocenters. The molecule has 70 valence electrons. The molecule has 1 atom stereocenters. The highest BCUT2D eigenvalue weighted by molar-refractivity contribution is 6.78. The third-order valence-electron chi connectivity index (χ3n) is 2.50.